The lowest BCUT2D eigenvalue weighted by Crippen LogP contribution is -2.06. The van der Waals surface area contributed by atoms with Crippen LogP contribution in [0, 0.1) is 6.92 Å². The Morgan fingerprint density at radius 2 is 0.726 bits per heavy atom. The summed E-state index contributed by atoms with van der Waals surface area (Å²) in [6, 6.07) is 35.0. The van der Waals surface area contributed by atoms with E-state index >= 15 is 0 Å². The third kappa shape index (κ3) is 11.2. The number of nitrogen functional groups attached to an aromatic ring is 3. The van der Waals surface area contributed by atoms with Gasteiger partial charge in [0.15, 0.2) is 0 Å². The Morgan fingerprint density at radius 3 is 1.08 bits per heavy atom. The summed E-state index contributed by atoms with van der Waals surface area (Å²) in [5, 5.41) is 25.9. The van der Waals surface area contributed by atoms with Gasteiger partial charge in [0.1, 0.15) is 0 Å². The minimum Gasteiger partial charge on any atom is -0.398 e. The molecular weight excluding hydrogens is 795 g/mol. The first-order valence-corrected chi connectivity index (χ1v) is 22.6. The first kappa shape index (κ1) is 43.5. The van der Waals surface area contributed by atoms with Crippen molar-refractivity contribution < 1.29 is 13.0 Å². The Hall–Kier alpha value is -6.57. The van der Waals surface area contributed by atoms with Crippen LogP contribution in [0.5, 0.6) is 0 Å². The van der Waals surface area contributed by atoms with E-state index in [9.17, 15) is 8.42 Å². The zero-order valence-electron chi connectivity index (χ0n) is 35.0. The molecule has 0 amide bonds. The maximum Gasteiger partial charge on any atom is 0.294 e. The molecule has 0 atom stereocenters. The van der Waals surface area contributed by atoms with Gasteiger partial charge in [-0.05, 0) is 202 Å². The number of nitrogens with zero attached hydrogens (tertiary/aromatic N) is 6. The van der Waals surface area contributed by atoms with Crippen molar-refractivity contribution in [3.8, 4) is 0 Å². The van der Waals surface area contributed by atoms with E-state index < -0.39 is 10.1 Å². The van der Waals surface area contributed by atoms with E-state index in [0.717, 1.165) is 108 Å². The monoisotopic (exact) mass is 847 g/mol. The van der Waals surface area contributed by atoms with E-state index in [1.54, 1.807) is 0 Å². The predicted octanol–water partition coefficient (Wildman–Crippen LogP) is 13.2. The van der Waals surface area contributed by atoms with Crippen molar-refractivity contribution in [1.29, 1.82) is 0 Å². The second-order valence-corrected chi connectivity index (χ2v) is 17.2. The molecule has 9 rings (SSSR count). The summed E-state index contributed by atoms with van der Waals surface area (Å²) in [4.78, 5) is -0.165. The fraction of sp³-hybridized carbons (Fsp3) is 0.265. The second kappa shape index (κ2) is 20.3. The van der Waals surface area contributed by atoms with Gasteiger partial charge in [-0.25, -0.2) is 0 Å². The van der Waals surface area contributed by atoms with Crippen LogP contribution in [0.25, 0.3) is 0 Å². The van der Waals surface area contributed by atoms with Crippen LogP contribution in [0.2, 0.25) is 0 Å². The van der Waals surface area contributed by atoms with Gasteiger partial charge in [0.05, 0.1) is 39.0 Å². The van der Waals surface area contributed by atoms with Crippen LogP contribution in [-0.4, -0.2) is 13.0 Å². The van der Waals surface area contributed by atoms with Crippen molar-refractivity contribution in [3.63, 3.8) is 0 Å². The van der Waals surface area contributed by atoms with Crippen LogP contribution in [-0.2, 0) is 48.6 Å². The molecule has 13 heteroatoms. The Balaban J connectivity index is 0.000000141. The van der Waals surface area contributed by atoms with Gasteiger partial charge in [-0.1, -0.05) is 35.9 Å². The number of nitrogens with two attached hydrogens (primary N) is 3. The van der Waals surface area contributed by atoms with E-state index in [1.165, 1.54) is 77.8 Å². The van der Waals surface area contributed by atoms with Crippen molar-refractivity contribution in [2.24, 2.45) is 30.7 Å². The zero-order valence-corrected chi connectivity index (χ0v) is 35.9. The lowest BCUT2D eigenvalue weighted by molar-refractivity contribution is 0.483. The molecule has 0 heterocycles. The van der Waals surface area contributed by atoms with E-state index in [2.05, 4.69) is 37.6 Å². The van der Waals surface area contributed by atoms with Crippen LogP contribution >= 0.6 is 0 Å². The molecule has 0 radical (unpaired) electrons. The number of fused-ring (bicyclic) bond motifs is 3. The normalized spacial score (nSPS) is 14.6. The number of benzene rings is 6. The molecule has 0 aromatic heterocycles. The maximum absolute atomic E-state index is 11.0. The van der Waals surface area contributed by atoms with Crippen LogP contribution < -0.4 is 17.2 Å². The predicted molar refractivity (Wildman–Crippen MR) is 249 cm³/mol. The smallest absolute Gasteiger partial charge is 0.294 e. The summed E-state index contributed by atoms with van der Waals surface area (Å²) in [6.07, 6.45) is 13.3. The quantitative estimate of drug-likeness (QED) is 0.0698. The number of rotatable bonds is 7. The Morgan fingerprint density at radius 1 is 0.403 bits per heavy atom. The van der Waals surface area contributed by atoms with Crippen molar-refractivity contribution in [2.45, 2.75) is 88.9 Å². The summed E-state index contributed by atoms with van der Waals surface area (Å²) in [5.74, 6) is 0. The SMILES string of the molecule is Cc1ccc(N=Nc2ccc(N)c3c2CCCC3)cc1.Nc1ccc(N=Nc2ccc(S(=O)(=O)O)cc2)c2c1CCCC2.Nc1ccc(N=Nc2ccccc2)c2c1CCCC2. The molecule has 0 saturated carbocycles. The van der Waals surface area contributed by atoms with Crippen LogP contribution in [0.4, 0.5) is 51.2 Å². The van der Waals surface area contributed by atoms with Gasteiger partial charge < -0.3 is 17.2 Å². The summed E-state index contributed by atoms with van der Waals surface area (Å²) in [5.41, 5.74) is 34.4. The molecule has 3 aliphatic carbocycles. The van der Waals surface area contributed by atoms with Crippen molar-refractivity contribution in [3.05, 3.63) is 154 Å². The highest BCUT2D eigenvalue weighted by Crippen LogP contribution is 2.37. The molecule has 0 aliphatic heterocycles. The van der Waals surface area contributed by atoms with Crippen LogP contribution in [0.15, 0.2) is 151 Å². The Labute approximate surface area is 363 Å². The standard InChI is InChI=1S/C17H19N3.C16H17N3O3S.C16H17N3/c1-12-6-8-13(9-7-12)19-20-17-11-10-16(18)14-4-2-3-5-15(14)17;17-15-9-10-16(14-4-2-1-3-13(14)15)19-18-11-5-7-12(8-6-11)23(20,21)22;17-15-10-11-16(14-9-5-4-8-13(14)15)19-18-12-6-2-1-3-7-12/h6-11H,2-5,18H2,1H3;5-10H,1-4,17H2,(H,20,21,22);1-3,6-7,10-11H,4-5,8-9,17H2. The number of azo groups is 3. The largest absolute Gasteiger partial charge is 0.398 e. The molecule has 0 saturated heterocycles. The van der Waals surface area contributed by atoms with Gasteiger partial charge >= 0.3 is 0 Å². The maximum atomic E-state index is 11.0. The molecule has 62 heavy (non-hydrogen) atoms. The topological polar surface area (TPSA) is 207 Å². The van der Waals surface area contributed by atoms with Gasteiger partial charge in [0.2, 0.25) is 0 Å². The molecule has 12 nitrogen and oxygen atoms in total. The molecule has 318 valence electrons. The molecule has 7 N–H and O–H groups in total. The van der Waals surface area contributed by atoms with Gasteiger partial charge in [-0.15, -0.1) is 0 Å². The van der Waals surface area contributed by atoms with Crippen molar-refractivity contribution in [1.82, 2.24) is 0 Å². The Kier molecular flexibility index (Phi) is 14.3. The average molecular weight is 848 g/mol. The number of hydrogen-bond acceptors (Lipinski definition) is 11. The number of hydrogen-bond donors (Lipinski definition) is 4. The van der Waals surface area contributed by atoms with E-state index in [4.69, 9.17) is 21.8 Å². The van der Waals surface area contributed by atoms with Gasteiger partial charge in [0, 0.05) is 17.1 Å². The molecule has 3 aliphatic rings. The first-order chi connectivity index (χ1) is 30.0. The summed E-state index contributed by atoms with van der Waals surface area (Å²) < 4.78 is 31.0. The lowest BCUT2D eigenvalue weighted by Gasteiger charge is -2.18. The molecule has 0 bridgehead atoms. The summed E-state index contributed by atoms with van der Waals surface area (Å²) in [7, 11) is -4.19. The average Bonchev–Trinajstić information content (AvgIpc) is 3.30. The van der Waals surface area contributed by atoms with E-state index in [0.29, 0.717) is 5.69 Å². The zero-order chi connectivity index (χ0) is 43.5. The van der Waals surface area contributed by atoms with E-state index in [1.807, 2.05) is 91.0 Å². The van der Waals surface area contributed by atoms with Gasteiger partial charge in [-0.2, -0.15) is 39.1 Å². The summed E-state index contributed by atoms with van der Waals surface area (Å²) >= 11 is 0. The van der Waals surface area contributed by atoms with Crippen LogP contribution in [0.3, 0.4) is 0 Å². The fourth-order valence-electron chi connectivity index (χ4n) is 8.04. The van der Waals surface area contributed by atoms with Crippen molar-refractivity contribution in [2.75, 3.05) is 17.2 Å². The second-order valence-electron chi connectivity index (χ2n) is 15.8. The first-order valence-electron chi connectivity index (χ1n) is 21.2. The third-order valence-corrected chi connectivity index (χ3v) is 12.3. The highest BCUT2D eigenvalue weighted by Gasteiger charge is 2.18. The van der Waals surface area contributed by atoms with Gasteiger partial charge in [-0.3, -0.25) is 4.55 Å². The molecule has 6 aromatic rings. The van der Waals surface area contributed by atoms with Crippen molar-refractivity contribution >= 4 is 61.3 Å². The molecule has 0 fully saturated rings. The molecule has 0 spiro atoms. The third-order valence-electron chi connectivity index (χ3n) is 11.4. The minimum atomic E-state index is -4.19. The minimum absolute atomic E-state index is 0.165. The Bertz CT molecular complexity index is 2700. The van der Waals surface area contributed by atoms with E-state index in [-0.39, 0.29) is 4.90 Å². The number of aryl methyl sites for hydroxylation is 1. The summed E-state index contributed by atoms with van der Waals surface area (Å²) in [6.45, 7) is 2.07. The molecule has 0 unspecified atom stereocenters. The lowest BCUT2D eigenvalue weighted by atomic mass is 9.89. The highest BCUT2D eigenvalue weighted by molar-refractivity contribution is 7.85. The van der Waals surface area contributed by atoms with Gasteiger partial charge in [0.25, 0.3) is 10.1 Å². The molecular formula is C49H53N9O3S. The number of anilines is 3. The van der Waals surface area contributed by atoms with Crippen LogP contribution in [0.1, 0.15) is 77.5 Å². The molecule has 6 aromatic carbocycles. The fourth-order valence-corrected chi connectivity index (χ4v) is 8.52. The highest BCUT2D eigenvalue weighted by atomic mass is 32.2.